The van der Waals surface area contributed by atoms with Crippen LogP contribution in [-0.4, -0.2) is 11.4 Å². The van der Waals surface area contributed by atoms with Crippen molar-refractivity contribution in [3.63, 3.8) is 0 Å². The van der Waals surface area contributed by atoms with E-state index in [9.17, 15) is 0 Å². The number of halogens is 2. The largest absolute Gasteiger partial charge is 0.279 e. The monoisotopic (exact) mass is 360 g/mol. The molecule has 2 aromatic carbocycles. The predicted molar refractivity (Wildman–Crippen MR) is 103 cm³/mol. The SMILES string of the molecule is Clc1ccc(NN=C2CCC(=NNc3ccc(Cl)cc3)CC2)cc1. The Labute approximate surface area is 151 Å². The van der Waals surface area contributed by atoms with E-state index in [4.69, 9.17) is 23.2 Å². The molecule has 2 N–H and O–H groups in total. The van der Waals surface area contributed by atoms with Gasteiger partial charge >= 0.3 is 0 Å². The third kappa shape index (κ3) is 4.98. The molecule has 0 atom stereocenters. The van der Waals surface area contributed by atoms with Gasteiger partial charge in [0.2, 0.25) is 0 Å². The van der Waals surface area contributed by atoms with Crippen LogP contribution in [0.1, 0.15) is 25.7 Å². The fourth-order valence-corrected chi connectivity index (χ4v) is 2.64. The summed E-state index contributed by atoms with van der Waals surface area (Å²) in [6.07, 6.45) is 3.67. The van der Waals surface area contributed by atoms with Crippen molar-refractivity contribution in [2.24, 2.45) is 10.2 Å². The summed E-state index contributed by atoms with van der Waals surface area (Å²) in [5, 5.41) is 10.4. The highest BCUT2D eigenvalue weighted by Gasteiger charge is 2.13. The topological polar surface area (TPSA) is 48.8 Å². The summed E-state index contributed by atoms with van der Waals surface area (Å²) in [6.45, 7) is 0. The summed E-state index contributed by atoms with van der Waals surface area (Å²) in [4.78, 5) is 0. The Balaban J connectivity index is 1.49. The number of anilines is 2. The molecule has 0 saturated heterocycles. The van der Waals surface area contributed by atoms with Gasteiger partial charge in [0, 0.05) is 21.5 Å². The van der Waals surface area contributed by atoms with Crippen molar-refractivity contribution in [2.75, 3.05) is 10.9 Å². The molecule has 1 saturated carbocycles. The Kier molecular flexibility index (Phi) is 5.72. The van der Waals surface area contributed by atoms with Gasteiger partial charge in [-0.3, -0.25) is 10.9 Å². The second kappa shape index (κ2) is 8.18. The molecule has 0 aromatic heterocycles. The average molecular weight is 361 g/mol. The lowest BCUT2D eigenvalue weighted by atomic mass is 9.97. The molecule has 0 spiro atoms. The van der Waals surface area contributed by atoms with E-state index >= 15 is 0 Å². The van der Waals surface area contributed by atoms with Crippen LogP contribution in [-0.2, 0) is 0 Å². The minimum Gasteiger partial charge on any atom is -0.279 e. The lowest BCUT2D eigenvalue weighted by Crippen LogP contribution is -2.16. The molecule has 24 heavy (non-hydrogen) atoms. The van der Waals surface area contributed by atoms with Gasteiger partial charge in [-0.25, -0.2) is 0 Å². The third-order valence-corrected chi connectivity index (χ3v) is 4.28. The summed E-state index contributed by atoms with van der Waals surface area (Å²) in [5.74, 6) is 0. The van der Waals surface area contributed by atoms with Gasteiger partial charge in [-0.2, -0.15) is 10.2 Å². The Bertz CT molecular complexity index is 659. The molecule has 1 fully saturated rings. The number of hydrogen-bond acceptors (Lipinski definition) is 4. The molecular weight excluding hydrogens is 343 g/mol. The maximum atomic E-state index is 5.87. The summed E-state index contributed by atoms with van der Waals surface area (Å²) in [6, 6.07) is 15.0. The van der Waals surface area contributed by atoms with Gasteiger partial charge in [-0.15, -0.1) is 0 Å². The predicted octanol–water partition coefficient (Wildman–Crippen LogP) is 5.80. The third-order valence-electron chi connectivity index (χ3n) is 3.78. The second-order valence-electron chi connectivity index (χ2n) is 5.59. The van der Waals surface area contributed by atoms with Crippen LogP contribution in [0.4, 0.5) is 11.4 Å². The molecule has 0 unspecified atom stereocenters. The van der Waals surface area contributed by atoms with Crippen LogP contribution in [0.25, 0.3) is 0 Å². The first-order chi connectivity index (χ1) is 11.7. The van der Waals surface area contributed by atoms with Gasteiger partial charge in [0.1, 0.15) is 0 Å². The number of hydrazone groups is 2. The van der Waals surface area contributed by atoms with Gasteiger partial charge < -0.3 is 0 Å². The fraction of sp³-hybridized carbons (Fsp3) is 0.222. The normalized spacial score (nSPS) is 14.2. The van der Waals surface area contributed by atoms with Gasteiger partial charge in [0.05, 0.1) is 11.4 Å². The maximum Gasteiger partial charge on any atom is 0.0562 e. The molecule has 1 aliphatic carbocycles. The van der Waals surface area contributed by atoms with Crippen molar-refractivity contribution in [1.29, 1.82) is 0 Å². The Hall–Kier alpha value is -2.04. The zero-order valence-electron chi connectivity index (χ0n) is 13.1. The van der Waals surface area contributed by atoms with Crippen LogP contribution < -0.4 is 10.9 Å². The van der Waals surface area contributed by atoms with Crippen molar-refractivity contribution in [1.82, 2.24) is 0 Å². The first kappa shape index (κ1) is 16.8. The van der Waals surface area contributed by atoms with Gasteiger partial charge in [-0.1, -0.05) is 23.2 Å². The molecular formula is C18H18Cl2N4. The van der Waals surface area contributed by atoms with Crippen LogP contribution in [0.3, 0.4) is 0 Å². The van der Waals surface area contributed by atoms with E-state index in [1.54, 1.807) is 0 Å². The van der Waals surface area contributed by atoms with E-state index in [-0.39, 0.29) is 0 Å². The van der Waals surface area contributed by atoms with Crippen molar-refractivity contribution in [2.45, 2.75) is 25.7 Å². The first-order valence-electron chi connectivity index (χ1n) is 7.83. The molecule has 6 heteroatoms. The molecule has 124 valence electrons. The zero-order chi connectivity index (χ0) is 16.8. The van der Waals surface area contributed by atoms with E-state index in [0.29, 0.717) is 0 Å². The quantitative estimate of drug-likeness (QED) is 0.676. The Morgan fingerprint density at radius 1 is 0.583 bits per heavy atom. The lowest BCUT2D eigenvalue weighted by Gasteiger charge is -2.15. The molecule has 0 heterocycles. The molecule has 0 radical (unpaired) electrons. The number of hydrogen-bond donors (Lipinski definition) is 2. The molecule has 0 aliphatic heterocycles. The van der Waals surface area contributed by atoms with Crippen molar-refractivity contribution < 1.29 is 0 Å². The Morgan fingerprint density at radius 3 is 1.25 bits per heavy atom. The highest BCUT2D eigenvalue weighted by molar-refractivity contribution is 6.30. The summed E-state index contributed by atoms with van der Waals surface area (Å²) >= 11 is 11.7. The summed E-state index contributed by atoms with van der Waals surface area (Å²) < 4.78 is 0. The van der Waals surface area contributed by atoms with E-state index < -0.39 is 0 Å². The van der Waals surface area contributed by atoms with E-state index in [0.717, 1.165) is 58.5 Å². The molecule has 1 aliphatic rings. The molecule has 4 nitrogen and oxygen atoms in total. The zero-order valence-corrected chi connectivity index (χ0v) is 14.6. The Morgan fingerprint density at radius 2 is 0.917 bits per heavy atom. The van der Waals surface area contributed by atoms with Crippen LogP contribution in [0, 0.1) is 0 Å². The van der Waals surface area contributed by atoms with Gasteiger partial charge in [-0.05, 0) is 74.2 Å². The van der Waals surface area contributed by atoms with Crippen LogP contribution in [0.2, 0.25) is 10.0 Å². The maximum absolute atomic E-state index is 5.87. The standard InChI is InChI=1S/C18H18Cl2N4/c19-13-1-5-15(6-2-13)21-23-17-9-11-18(12-10-17)24-22-16-7-3-14(20)4-8-16/h1-8,21-22H,9-12H2. The minimum absolute atomic E-state index is 0.722. The number of nitrogens with one attached hydrogen (secondary N) is 2. The number of benzene rings is 2. The van der Waals surface area contributed by atoms with Gasteiger partial charge in [0.15, 0.2) is 0 Å². The van der Waals surface area contributed by atoms with E-state index in [2.05, 4.69) is 21.1 Å². The van der Waals surface area contributed by atoms with Crippen LogP contribution >= 0.6 is 23.2 Å². The minimum atomic E-state index is 0.722. The van der Waals surface area contributed by atoms with Crippen molar-refractivity contribution in [3.05, 3.63) is 58.6 Å². The van der Waals surface area contributed by atoms with Gasteiger partial charge in [0.25, 0.3) is 0 Å². The lowest BCUT2D eigenvalue weighted by molar-refractivity contribution is 0.935. The van der Waals surface area contributed by atoms with Crippen molar-refractivity contribution >= 4 is 46.0 Å². The van der Waals surface area contributed by atoms with Crippen LogP contribution in [0.15, 0.2) is 58.7 Å². The first-order valence-corrected chi connectivity index (χ1v) is 8.59. The summed E-state index contributed by atoms with van der Waals surface area (Å²) in [5.41, 5.74) is 10.4. The summed E-state index contributed by atoms with van der Waals surface area (Å²) in [7, 11) is 0. The fourth-order valence-electron chi connectivity index (χ4n) is 2.39. The smallest absolute Gasteiger partial charge is 0.0562 e. The average Bonchev–Trinajstić information content (AvgIpc) is 2.62. The van der Waals surface area contributed by atoms with E-state index in [1.807, 2.05) is 48.5 Å². The highest BCUT2D eigenvalue weighted by Crippen LogP contribution is 2.18. The molecule has 2 aromatic rings. The molecule has 0 bridgehead atoms. The highest BCUT2D eigenvalue weighted by atomic mass is 35.5. The van der Waals surface area contributed by atoms with E-state index in [1.165, 1.54) is 0 Å². The van der Waals surface area contributed by atoms with Crippen LogP contribution in [0.5, 0.6) is 0 Å². The van der Waals surface area contributed by atoms with Crippen molar-refractivity contribution in [3.8, 4) is 0 Å². The molecule has 0 amide bonds. The second-order valence-corrected chi connectivity index (χ2v) is 6.47. The number of nitrogens with zero attached hydrogens (tertiary/aromatic N) is 2. The molecule has 3 rings (SSSR count). The number of rotatable bonds is 4.